The molecule has 2 nitrogen and oxygen atoms in total. The Balaban J connectivity index is 2.69. The Labute approximate surface area is 88.6 Å². The molecular weight excluding hydrogens is 194 g/mol. The fraction of sp³-hybridized carbons (Fsp3) is 0.364. The van der Waals surface area contributed by atoms with Crippen LogP contribution in [0.5, 0.6) is 0 Å². The van der Waals surface area contributed by atoms with Gasteiger partial charge < -0.3 is 5.11 Å². The van der Waals surface area contributed by atoms with Crippen molar-refractivity contribution in [1.29, 1.82) is 5.26 Å². The first-order valence-electron chi connectivity index (χ1n) is 4.43. The molecule has 3 heteroatoms. The summed E-state index contributed by atoms with van der Waals surface area (Å²) in [6.45, 7) is 0. The first-order chi connectivity index (χ1) is 6.77. The molecular formula is C11H13NOS. The van der Waals surface area contributed by atoms with E-state index in [0.717, 1.165) is 5.56 Å². The summed E-state index contributed by atoms with van der Waals surface area (Å²) in [5.74, 6) is 0. The van der Waals surface area contributed by atoms with Crippen LogP contribution in [-0.4, -0.2) is 17.5 Å². The number of nitriles is 1. The van der Waals surface area contributed by atoms with Crippen molar-refractivity contribution >= 4 is 11.8 Å². The molecule has 1 aromatic rings. The minimum absolute atomic E-state index is 0.200. The number of hydrogen-bond donors (Lipinski definition) is 1. The zero-order valence-electron chi connectivity index (χ0n) is 8.05. The summed E-state index contributed by atoms with van der Waals surface area (Å²) in [5.41, 5.74) is 1.16. The predicted molar refractivity (Wildman–Crippen MR) is 58.9 cm³/mol. The summed E-state index contributed by atoms with van der Waals surface area (Å²) < 4.78 is 0. The second-order valence-corrected chi connectivity index (χ2v) is 4.06. The van der Waals surface area contributed by atoms with Crippen LogP contribution in [-0.2, 0) is 0 Å². The van der Waals surface area contributed by atoms with Crippen LogP contribution in [0.15, 0.2) is 30.3 Å². The number of aliphatic hydroxyl groups excluding tert-OH is 1. The van der Waals surface area contributed by atoms with Gasteiger partial charge in [-0.3, -0.25) is 0 Å². The molecule has 14 heavy (non-hydrogen) atoms. The van der Waals surface area contributed by atoms with Crippen LogP contribution in [0.2, 0.25) is 0 Å². The van der Waals surface area contributed by atoms with Gasteiger partial charge in [0.05, 0.1) is 6.07 Å². The highest BCUT2D eigenvalue weighted by Gasteiger charge is 2.14. The van der Waals surface area contributed by atoms with Crippen molar-refractivity contribution in [3.63, 3.8) is 0 Å². The number of thioether (sulfide) groups is 1. The molecule has 1 N–H and O–H groups in total. The van der Waals surface area contributed by atoms with Gasteiger partial charge in [-0.15, -0.1) is 0 Å². The summed E-state index contributed by atoms with van der Waals surface area (Å²) in [7, 11) is 0. The molecule has 0 saturated carbocycles. The smallest absolute Gasteiger partial charge is 0.141 e. The Morgan fingerprint density at radius 3 is 2.57 bits per heavy atom. The zero-order chi connectivity index (χ0) is 10.4. The normalized spacial score (nSPS) is 14.4. The first kappa shape index (κ1) is 11.1. The summed E-state index contributed by atoms with van der Waals surface area (Å²) in [6.07, 6.45) is 1.61. The number of aliphatic hydroxyl groups is 1. The Bertz CT molecular complexity index is 307. The highest BCUT2D eigenvalue weighted by atomic mass is 32.2. The van der Waals surface area contributed by atoms with Gasteiger partial charge in [0.15, 0.2) is 0 Å². The molecule has 0 radical (unpaired) electrons. The Hall–Kier alpha value is -0.980. The van der Waals surface area contributed by atoms with Crippen molar-refractivity contribution < 1.29 is 5.11 Å². The van der Waals surface area contributed by atoms with Crippen molar-refractivity contribution in [2.45, 2.75) is 17.8 Å². The summed E-state index contributed by atoms with van der Waals surface area (Å²) in [6, 6.07) is 11.8. The van der Waals surface area contributed by atoms with Gasteiger partial charge in [-0.05, 0) is 11.8 Å². The van der Waals surface area contributed by atoms with Crippen LogP contribution in [0.4, 0.5) is 0 Å². The summed E-state index contributed by atoms with van der Waals surface area (Å²) in [4.78, 5) is 0. The van der Waals surface area contributed by atoms with Gasteiger partial charge in [0.2, 0.25) is 0 Å². The molecule has 0 aliphatic heterocycles. The van der Waals surface area contributed by atoms with E-state index >= 15 is 0 Å². The van der Waals surface area contributed by atoms with Gasteiger partial charge in [0, 0.05) is 11.7 Å². The van der Waals surface area contributed by atoms with Crippen LogP contribution >= 0.6 is 11.8 Å². The van der Waals surface area contributed by atoms with Crippen LogP contribution < -0.4 is 0 Å². The third-order valence-electron chi connectivity index (χ3n) is 2.04. The van der Waals surface area contributed by atoms with E-state index in [9.17, 15) is 5.11 Å². The van der Waals surface area contributed by atoms with Crippen molar-refractivity contribution in [3.8, 4) is 6.07 Å². The molecule has 0 fully saturated rings. The second-order valence-electron chi connectivity index (χ2n) is 3.02. The van der Waals surface area contributed by atoms with Crippen LogP contribution in [0.3, 0.4) is 0 Å². The molecule has 0 aliphatic carbocycles. The molecule has 2 atom stereocenters. The number of nitrogens with zero attached hydrogens (tertiary/aromatic N) is 1. The zero-order valence-corrected chi connectivity index (χ0v) is 8.87. The average molecular weight is 207 g/mol. The minimum Gasteiger partial charge on any atom is -0.378 e. The van der Waals surface area contributed by atoms with Gasteiger partial charge in [-0.1, -0.05) is 30.3 Å². The van der Waals surface area contributed by atoms with E-state index in [2.05, 4.69) is 0 Å². The summed E-state index contributed by atoms with van der Waals surface area (Å²) >= 11 is 1.66. The molecule has 1 aromatic carbocycles. The molecule has 0 heterocycles. The topological polar surface area (TPSA) is 44.0 Å². The molecule has 74 valence electrons. The average Bonchev–Trinajstić information content (AvgIpc) is 2.26. The fourth-order valence-corrected chi connectivity index (χ4v) is 2.10. The fourth-order valence-electron chi connectivity index (χ4n) is 1.29. The first-order valence-corrected chi connectivity index (χ1v) is 5.72. The van der Waals surface area contributed by atoms with Gasteiger partial charge in [0.1, 0.15) is 6.10 Å². The maximum absolute atomic E-state index is 9.25. The van der Waals surface area contributed by atoms with Gasteiger partial charge in [-0.25, -0.2) is 0 Å². The third kappa shape index (κ3) is 3.06. The predicted octanol–water partition coefficient (Wildman–Crippen LogP) is 2.37. The molecule has 0 aromatic heterocycles. The van der Waals surface area contributed by atoms with E-state index in [1.807, 2.05) is 42.7 Å². The van der Waals surface area contributed by atoms with E-state index in [-0.39, 0.29) is 5.25 Å². The Kier molecular flexibility index (Phi) is 4.51. The van der Waals surface area contributed by atoms with Gasteiger partial charge >= 0.3 is 0 Å². The Morgan fingerprint density at radius 1 is 1.43 bits per heavy atom. The van der Waals surface area contributed by atoms with Crippen molar-refractivity contribution in [3.05, 3.63) is 35.9 Å². The second kappa shape index (κ2) is 5.69. The van der Waals surface area contributed by atoms with Crippen molar-refractivity contribution in [1.82, 2.24) is 0 Å². The largest absolute Gasteiger partial charge is 0.378 e. The lowest BCUT2D eigenvalue weighted by molar-refractivity contribution is 0.219. The quantitative estimate of drug-likeness (QED) is 0.771. The molecule has 0 bridgehead atoms. The van der Waals surface area contributed by atoms with Gasteiger partial charge in [-0.2, -0.15) is 17.0 Å². The number of hydrogen-bond acceptors (Lipinski definition) is 3. The number of benzene rings is 1. The van der Waals surface area contributed by atoms with E-state index in [1.54, 1.807) is 11.8 Å². The van der Waals surface area contributed by atoms with E-state index in [0.29, 0.717) is 6.42 Å². The van der Waals surface area contributed by atoms with E-state index < -0.39 is 6.10 Å². The molecule has 0 saturated heterocycles. The highest BCUT2D eigenvalue weighted by Crippen LogP contribution is 2.30. The summed E-state index contributed by atoms with van der Waals surface area (Å²) in [5, 5.41) is 18.0. The highest BCUT2D eigenvalue weighted by molar-refractivity contribution is 7.98. The Morgan fingerprint density at radius 2 is 2.07 bits per heavy atom. The molecule has 0 aliphatic rings. The maximum atomic E-state index is 9.25. The van der Waals surface area contributed by atoms with E-state index in [4.69, 9.17) is 5.26 Å². The van der Waals surface area contributed by atoms with Crippen molar-refractivity contribution in [2.75, 3.05) is 6.26 Å². The molecule has 0 amide bonds. The lowest BCUT2D eigenvalue weighted by Crippen LogP contribution is -2.07. The number of rotatable bonds is 4. The maximum Gasteiger partial charge on any atom is 0.141 e. The van der Waals surface area contributed by atoms with Crippen molar-refractivity contribution in [2.24, 2.45) is 0 Å². The minimum atomic E-state index is -0.868. The monoisotopic (exact) mass is 207 g/mol. The molecule has 0 spiro atoms. The van der Waals surface area contributed by atoms with Crippen LogP contribution in [0.25, 0.3) is 0 Å². The van der Waals surface area contributed by atoms with Gasteiger partial charge in [0.25, 0.3) is 0 Å². The lowest BCUT2D eigenvalue weighted by atomic mass is 10.1. The van der Waals surface area contributed by atoms with Crippen LogP contribution in [0, 0.1) is 11.3 Å². The lowest BCUT2D eigenvalue weighted by Gasteiger charge is -2.14. The van der Waals surface area contributed by atoms with E-state index in [1.165, 1.54) is 0 Å². The molecule has 1 rings (SSSR count). The SMILES string of the molecule is CSC(CC(O)C#N)c1ccccc1. The third-order valence-corrected chi connectivity index (χ3v) is 3.08. The van der Waals surface area contributed by atoms with Crippen LogP contribution in [0.1, 0.15) is 17.2 Å². The molecule has 2 unspecified atom stereocenters. The standard InChI is InChI=1S/C11H13NOS/c1-14-11(7-10(13)8-12)9-5-3-2-4-6-9/h2-6,10-11,13H,7H2,1H3.